The summed E-state index contributed by atoms with van der Waals surface area (Å²) in [4.78, 5) is 55.1. The summed E-state index contributed by atoms with van der Waals surface area (Å²) < 4.78 is 2.13. The van der Waals surface area contributed by atoms with Crippen molar-refractivity contribution in [2.45, 2.75) is 83.0 Å². The van der Waals surface area contributed by atoms with Crippen molar-refractivity contribution in [3.8, 4) is 0 Å². The Morgan fingerprint density at radius 3 is 2.13 bits per heavy atom. The zero-order valence-electron chi connectivity index (χ0n) is 26.4. The molecular weight excluding hydrogens is 588 g/mol. The van der Waals surface area contributed by atoms with Crippen molar-refractivity contribution >= 4 is 23.7 Å². The maximum absolute atomic E-state index is 13.2. The number of unbranched alkanes of at least 4 members (excludes halogenated alkanes) is 2. The van der Waals surface area contributed by atoms with Crippen LogP contribution in [0.1, 0.15) is 54.6 Å². The molecule has 1 heterocycles. The number of nitrogens with zero attached hydrogens (tertiary/aromatic N) is 2. The Morgan fingerprint density at radius 2 is 1.50 bits per heavy atom. The largest absolute Gasteiger partial charge is 0.480 e. The highest BCUT2D eigenvalue weighted by atomic mass is 16.4. The minimum atomic E-state index is -1.30. The van der Waals surface area contributed by atoms with Crippen LogP contribution in [-0.4, -0.2) is 74.7 Å². The van der Waals surface area contributed by atoms with E-state index in [1.165, 1.54) is 0 Å². The molecule has 0 aliphatic rings. The van der Waals surface area contributed by atoms with Crippen molar-refractivity contribution in [2.24, 2.45) is 5.73 Å². The number of imidazole rings is 1. The Kier molecular flexibility index (Phi) is 14.9. The normalized spacial score (nSPS) is 12.9. The van der Waals surface area contributed by atoms with E-state index in [9.17, 15) is 29.4 Å². The summed E-state index contributed by atoms with van der Waals surface area (Å²) in [6.45, 7) is 2.60. The number of carboxylic acids is 1. The molecule has 0 fully saturated rings. The van der Waals surface area contributed by atoms with Crippen molar-refractivity contribution in [3.05, 3.63) is 89.5 Å². The van der Waals surface area contributed by atoms with Gasteiger partial charge < -0.3 is 36.5 Å². The molecule has 46 heavy (non-hydrogen) atoms. The number of rotatable bonds is 20. The van der Waals surface area contributed by atoms with Gasteiger partial charge in [-0.3, -0.25) is 14.4 Å². The van der Waals surface area contributed by atoms with E-state index in [-0.39, 0.29) is 19.3 Å². The first-order valence-electron chi connectivity index (χ1n) is 15.7. The summed E-state index contributed by atoms with van der Waals surface area (Å²) >= 11 is 0. The van der Waals surface area contributed by atoms with Gasteiger partial charge in [-0.25, -0.2) is 9.78 Å². The third-order valence-electron chi connectivity index (χ3n) is 7.74. The number of carboxylic acid groups (broad SMARTS) is 1. The van der Waals surface area contributed by atoms with Crippen LogP contribution in [0, 0.1) is 6.92 Å². The molecule has 3 atom stereocenters. The quantitative estimate of drug-likeness (QED) is 0.101. The van der Waals surface area contributed by atoms with Gasteiger partial charge in [0, 0.05) is 25.4 Å². The van der Waals surface area contributed by atoms with E-state index in [0.29, 0.717) is 19.4 Å². The molecule has 12 heteroatoms. The molecule has 0 radical (unpaired) electrons. The van der Waals surface area contributed by atoms with Gasteiger partial charge >= 0.3 is 5.97 Å². The molecule has 0 aliphatic carbocycles. The van der Waals surface area contributed by atoms with Gasteiger partial charge in [-0.05, 0) is 68.7 Å². The van der Waals surface area contributed by atoms with Gasteiger partial charge in [0.2, 0.25) is 17.7 Å². The Labute approximate surface area is 269 Å². The summed E-state index contributed by atoms with van der Waals surface area (Å²) in [6, 6.07) is 13.0. The van der Waals surface area contributed by atoms with Gasteiger partial charge in [0.05, 0.1) is 13.0 Å². The Hall–Kier alpha value is -4.55. The zero-order chi connectivity index (χ0) is 33.3. The van der Waals surface area contributed by atoms with E-state index in [0.717, 1.165) is 48.3 Å². The lowest BCUT2D eigenvalue weighted by atomic mass is 10.0. The van der Waals surface area contributed by atoms with Gasteiger partial charge in [0.1, 0.15) is 23.9 Å². The average molecular weight is 635 g/mol. The molecule has 0 saturated carbocycles. The monoisotopic (exact) mass is 634 g/mol. The van der Waals surface area contributed by atoms with Gasteiger partial charge in [0.25, 0.3) is 0 Å². The number of hydrogen-bond donors (Lipinski definition) is 6. The number of nitrogens with two attached hydrogens (primary N) is 1. The molecule has 0 unspecified atom stereocenters. The van der Waals surface area contributed by atoms with E-state index < -0.39 is 48.4 Å². The second kappa shape index (κ2) is 19.1. The highest BCUT2D eigenvalue weighted by molar-refractivity contribution is 5.93. The van der Waals surface area contributed by atoms with Crippen LogP contribution < -0.4 is 21.7 Å². The number of amides is 3. The first-order valence-corrected chi connectivity index (χ1v) is 15.7. The number of aromatic nitrogens is 2. The molecule has 7 N–H and O–H groups in total. The van der Waals surface area contributed by atoms with Crippen LogP contribution in [0.25, 0.3) is 0 Å². The Balaban J connectivity index is 1.52. The average Bonchev–Trinajstić information content (AvgIpc) is 3.46. The predicted molar refractivity (Wildman–Crippen MR) is 174 cm³/mol. The molecule has 3 rings (SSSR count). The van der Waals surface area contributed by atoms with Crippen molar-refractivity contribution in [1.29, 1.82) is 0 Å². The van der Waals surface area contributed by atoms with Gasteiger partial charge in [-0.15, -0.1) is 0 Å². The zero-order valence-corrected chi connectivity index (χ0v) is 26.4. The SMILES string of the molecule is Cc1nccn1CCCCc1ccc(CC(=O)N[C@@H](CO)C(=O)N[C@@H](CCCCN)C(=O)N[C@@H](Cc2ccccc2)C(=O)O)cc1. The number of hydrogen-bond acceptors (Lipinski definition) is 7. The van der Waals surface area contributed by atoms with Crippen LogP contribution >= 0.6 is 0 Å². The van der Waals surface area contributed by atoms with E-state index in [1.807, 2.05) is 37.4 Å². The van der Waals surface area contributed by atoms with Crippen LogP contribution in [0.15, 0.2) is 67.0 Å². The van der Waals surface area contributed by atoms with Crippen LogP contribution in [0.2, 0.25) is 0 Å². The van der Waals surface area contributed by atoms with Crippen molar-refractivity contribution in [1.82, 2.24) is 25.5 Å². The fourth-order valence-electron chi connectivity index (χ4n) is 5.06. The molecule has 3 amide bonds. The van der Waals surface area contributed by atoms with Crippen molar-refractivity contribution < 1.29 is 29.4 Å². The molecule has 0 bridgehead atoms. The van der Waals surface area contributed by atoms with E-state index in [4.69, 9.17) is 5.73 Å². The van der Waals surface area contributed by atoms with Crippen molar-refractivity contribution in [2.75, 3.05) is 13.2 Å². The number of nitrogens with one attached hydrogen (secondary N) is 3. The number of aryl methyl sites for hydroxylation is 3. The lowest BCUT2D eigenvalue weighted by Crippen LogP contribution is -2.57. The molecule has 248 valence electrons. The summed E-state index contributed by atoms with van der Waals surface area (Å²) in [7, 11) is 0. The lowest BCUT2D eigenvalue weighted by molar-refractivity contribution is -0.142. The number of aliphatic hydroxyl groups is 1. The predicted octanol–water partition coefficient (Wildman–Crippen LogP) is 1.66. The number of benzene rings is 2. The van der Waals surface area contributed by atoms with Gasteiger partial charge in [-0.2, -0.15) is 0 Å². The summed E-state index contributed by atoms with van der Waals surface area (Å²) in [5.41, 5.74) is 8.24. The second-order valence-corrected chi connectivity index (χ2v) is 11.4. The molecule has 0 spiro atoms. The van der Waals surface area contributed by atoms with E-state index in [2.05, 4.69) is 25.5 Å². The minimum absolute atomic E-state index is 0.00413. The topological polar surface area (TPSA) is 189 Å². The highest BCUT2D eigenvalue weighted by Gasteiger charge is 2.29. The number of carbonyl (C=O) groups is 4. The maximum Gasteiger partial charge on any atom is 0.326 e. The molecular formula is C34H46N6O6. The fourth-order valence-corrected chi connectivity index (χ4v) is 5.06. The maximum atomic E-state index is 13.2. The van der Waals surface area contributed by atoms with Crippen LogP contribution in [-0.2, 0) is 45.0 Å². The minimum Gasteiger partial charge on any atom is -0.480 e. The van der Waals surface area contributed by atoms with E-state index in [1.54, 1.807) is 36.5 Å². The first-order chi connectivity index (χ1) is 22.2. The number of aliphatic hydroxyl groups excluding tert-OH is 1. The number of carbonyl (C=O) groups excluding carboxylic acids is 3. The summed E-state index contributed by atoms with van der Waals surface area (Å²) in [5, 5.41) is 27.2. The number of aliphatic carboxylic acids is 1. The van der Waals surface area contributed by atoms with E-state index >= 15 is 0 Å². The second-order valence-electron chi connectivity index (χ2n) is 11.4. The Bertz CT molecular complexity index is 1390. The first kappa shape index (κ1) is 35.9. The molecule has 1 aromatic heterocycles. The van der Waals surface area contributed by atoms with Gasteiger partial charge in [0.15, 0.2) is 0 Å². The standard InChI is InChI=1S/C34H46N6O6/c1-24-36-18-20-40(24)19-8-6-9-25-13-15-27(16-14-25)22-31(42)37-30(23-41)33(44)38-28(12-5-7-17-35)32(43)39-29(34(45)46)21-26-10-3-2-4-11-26/h2-4,10-11,13-16,18,20,28-30,41H,5-9,12,17,19,21-23,35H2,1H3,(H,37,42)(H,38,44)(H,39,43)(H,45,46)/t28-,29-,30-/m0/s1. The fraction of sp³-hybridized carbons (Fsp3) is 0.441. The third-order valence-corrected chi connectivity index (χ3v) is 7.74. The Morgan fingerprint density at radius 1 is 0.826 bits per heavy atom. The van der Waals surface area contributed by atoms with Crippen molar-refractivity contribution in [3.63, 3.8) is 0 Å². The smallest absolute Gasteiger partial charge is 0.326 e. The molecule has 2 aromatic carbocycles. The molecule has 0 saturated heterocycles. The van der Waals surface area contributed by atoms with Gasteiger partial charge in [-0.1, -0.05) is 54.6 Å². The lowest BCUT2D eigenvalue weighted by Gasteiger charge is -2.24. The van der Waals surface area contributed by atoms with Crippen LogP contribution in [0.3, 0.4) is 0 Å². The summed E-state index contributed by atoms with van der Waals surface area (Å²) in [5.74, 6) is -2.10. The van der Waals surface area contributed by atoms with Crippen LogP contribution in [0.4, 0.5) is 0 Å². The third kappa shape index (κ3) is 12.1. The van der Waals surface area contributed by atoms with Crippen LogP contribution in [0.5, 0.6) is 0 Å². The molecule has 3 aromatic rings. The highest BCUT2D eigenvalue weighted by Crippen LogP contribution is 2.11. The molecule has 0 aliphatic heterocycles. The summed E-state index contributed by atoms with van der Waals surface area (Å²) in [6.07, 6.45) is 8.08. The molecule has 12 nitrogen and oxygen atoms in total.